The Morgan fingerprint density at radius 2 is 2.04 bits per heavy atom. The number of hydrogen-bond acceptors (Lipinski definition) is 5. The first-order valence-corrected chi connectivity index (χ1v) is 8.56. The first-order valence-electron chi connectivity index (χ1n) is 7.68. The number of thiophene rings is 1. The van der Waals surface area contributed by atoms with Gasteiger partial charge in [0.05, 0.1) is 12.1 Å². The van der Waals surface area contributed by atoms with E-state index in [4.69, 9.17) is 10.5 Å². The fourth-order valence-corrected chi connectivity index (χ4v) is 3.03. The zero-order valence-corrected chi connectivity index (χ0v) is 14.8. The van der Waals surface area contributed by atoms with Gasteiger partial charge in [-0.2, -0.15) is 0 Å². The summed E-state index contributed by atoms with van der Waals surface area (Å²) < 4.78 is 5.44. The van der Waals surface area contributed by atoms with Crippen LogP contribution >= 0.6 is 11.3 Å². The zero-order valence-electron chi connectivity index (χ0n) is 14.0. The van der Waals surface area contributed by atoms with Gasteiger partial charge in [-0.15, -0.1) is 11.3 Å². The SMILES string of the molecule is C=CCOc1ccc(CN(C)CC(=O)Nc2sccc2C(N)=O)cc1. The van der Waals surface area contributed by atoms with Crippen molar-refractivity contribution in [2.45, 2.75) is 6.54 Å². The first-order chi connectivity index (χ1) is 12.0. The van der Waals surface area contributed by atoms with Gasteiger partial charge >= 0.3 is 0 Å². The number of ether oxygens (including phenoxy) is 1. The predicted octanol–water partition coefficient (Wildman–Crippen LogP) is 2.48. The molecule has 0 spiro atoms. The Morgan fingerprint density at radius 3 is 2.68 bits per heavy atom. The van der Waals surface area contributed by atoms with E-state index in [0.717, 1.165) is 11.3 Å². The number of nitrogens with zero attached hydrogens (tertiary/aromatic N) is 1. The van der Waals surface area contributed by atoms with Crippen molar-refractivity contribution in [3.63, 3.8) is 0 Å². The summed E-state index contributed by atoms with van der Waals surface area (Å²) in [7, 11) is 1.85. The number of nitrogens with two attached hydrogens (primary N) is 1. The largest absolute Gasteiger partial charge is 0.490 e. The van der Waals surface area contributed by atoms with Crippen LogP contribution < -0.4 is 15.8 Å². The van der Waals surface area contributed by atoms with Crippen LogP contribution in [0.5, 0.6) is 5.75 Å². The highest BCUT2D eigenvalue weighted by Gasteiger charge is 2.13. The Morgan fingerprint density at radius 1 is 1.32 bits per heavy atom. The topological polar surface area (TPSA) is 84.7 Å². The van der Waals surface area contributed by atoms with Crippen LogP contribution in [0.1, 0.15) is 15.9 Å². The molecule has 25 heavy (non-hydrogen) atoms. The van der Waals surface area contributed by atoms with Crippen LogP contribution in [0, 0.1) is 0 Å². The van der Waals surface area contributed by atoms with E-state index in [0.29, 0.717) is 23.7 Å². The van der Waals surface area contributed by atoms with Crippen molar-refractivity contribution in [1.82, 2.24) is 4.90 Å². The molecule has 1 heterocycles. The molecule has 0 bridgehead atoms. The Balaban J connectivity index is 1.85. The number of anilines is 1. The Hall–Kier alpha value is -2.64. The number of primary amides is 1. The molecule has 0 aliphatic carbocycles. The molecule has 1 aromatic heterocycles. The molecular weight excluding hydrogens is 338 g/mol. The third-order valence-electron chi connectivity index (χ3n) is 3.34. The van der Waals surface area contributed by atoms with Gasteiger partial charge in [-0.25, -0.2) is 0 Å². The number of benzene rings is 1. The summed E-state index contributed by atoms with van der Waals surface area (Å²) in [6.07, 6.45) is 1.69. The van der Waals surface area contributed by atoms with E-state index in [1.54, 1.807) is 17.5 Å². The van der Waals surface area contributed by atoms with Crippen LogP contribution in [0.4, 0.5) is 5.00 Å². The van der Waals surface area contributed by atoms with Crippen molar-refractivity contribution < 1.29 is 14.3 Å². The molecule has 2 aromatic rings. The van der Waals surface area contributed by atoms with Crippen molar-refractivity contribution in [3.05, 3.63) is 59.5 Å². The highest BCUT2D eigenvalue weighted by molar-refractivity contribution is 7.14. The fraction of sp³-hybridized carbons (Fsp3) is 0.222. The van der Waals surface area contributed by atoms with Gasteiger partial charge < -0.3 is 15.8 Å². The smallest absolute Gasteiger partial charge is 0.251 e. The number of carbonyl (C=O) groups excluding carboxylic acids is 2. The average molecular weight is 359 g/mol. The maximum absolute atomic E-state index is 12.1. The quantitative estimate of drug-likeness (QED) is 0.674. The molecule has 0 radical (unpaired) electrons. The Kier molecular flexibility index (Phi) is 6.73. The van der Waals surface area contributed by atoms with E-state index in [1.165, 1.54) is 11.3 Å². The van der Waals surface area contributed by atoms with Crippen molar-refractivity contribution >= 4 is 28.2 Å². The van der Waals surface area contributed by atoms with Crippen LogP contribution in [-0.4, -0.2) is 36.9 Å². The van der Waals surface area contributed by atoms with Crippen molar-refractivity contribution in [3.8, 4) is 5.75 Å². The molecule has 0 saturated heterocycles. The van der Waals surface area contributed by atoms with Crippen molar-refractivity contribution in [2.75, 3.05) is 25.5 Å². The third kappa shape index (κ3) is 5.74. The number of rotatable bonds is 9. The Labute approximate surface area is 150 Å². The van der Waals surface area contributed by atoms with E-state index in [2.05, 4.69) is 11.9 Å². The molecule has 0 atom stereocenters. The minimum atomic E-state index is -0.552. The van der Waals surface area contributed by atoms with Crippen LogP contribution in [-0.2, 0) is 11.3 Å². The number of nitrogens with one attached hydrogen (secondary N) is 1. The van der Waals surface area contributed by atoms with E-state index in [-0.39, 0.29) is 12.5 Å². The molecule has 0 fully saturated rings. The van der Waals surface area contributed by atoms with E-state index >= 15 is 0 Å². The first kappa shape index (κ1) is 18.7. The van der Waals surface area contributed by atoms with Gasteiger partial charge in [-0.1, -0.05) is 24.8 Å². The molecule has 0 unspecified atom stereocenters. The van der Waals surface area contributed by atoms with Crippen LogP contribution in [0.2, 0.25) is 0 Å². The van der Waals surface area contributed by atoms with Gasteiger partial charge in [-0.05, 0) is 36.2 Å². The van der Waals surface area contributed by atoms with Gasteiger partial charge in [0, 0.05) is 6.54 Å². The summed E-state index contributed by atoms with van der Waals surface area (Å²) in [6, 6.07) is 9.28. The summed E-state index contributed by atoms with van der Waals surface area (Å²) in [4.78, 5) is 25.3. The monoisotopic (exact) mass is 359 g/mol. The minimum absolute atomic E-state index is 0.196. The van der Waals surface area contributed by atoms with Gasteiger partial charge in [-0.3, -0.25) is 14.5 Å². The number of hydrogen-bond donors (Lipinski definition) is 2. The van der Waals surface area contributed by atoms with Gasteiger partial charge in [0.25, 0.3) is 5.91 Å². The number of carbonyl (C=O) groups is 2. The van der Waals surface area contributed by atoms with Crippen LogP contribution in [0.3, 0.4) is 0 Å². The minimum Gasteiger partial charge on any atom is -0.490 e. The van der Waals surface area contributed by atoms with E-state index in [1.807, 2.05) is 36.2 Å². The maximum atomic E-state index is 12.1. The summed E-state index contributed by atoms with van der Waals surface area (Å²) in [5.41, 5.74) is 6.67. The second-order valence-electron chi connectivity index (χ2n) is 5.49. The number of likely N-dealkylation sites (N-methyl/N-ethyl adjacent to an activating group) is 1. The lowest BCUT2D eigenvalue weighted by atomic mass is 10.2. The van der Waals surface area contributed by atoms with Crippen molar-refractivity contribution in [2.24, 2.45) is 5.73 Å². The molecule has 0 aliphatic rings. The second kappa shape index (κ2) is 9.00. The van der Waals surface area contributed by atoms with E-state index in [9.17, 15) is 9.59 Å². The molecule has 2 amide bonds. The molecule has 2 rings (SSSR count). The second-order valence-corrected chi connectivity index (χ2v) is 6.41. The zero-order chi connectivity index (χ0) is 18.2. The van der Waals surface area contributed by atoms with Gasteiger partial charge in [0.15, 0.2) is 0 Å². The number of amides is 2. The fourth-order valence-electron chi connectivity index (χ4n) is 2.23. The Bertz CT molecular complexity index is 740. The lowest BCUT2D eigenvalue weighted by Gasteiger charge is -2.16. The van der Waals surface area contributed by atoms with Crippen LogP contribution in [0.15, 0.2) is 48.4 Å². The van der Waals surface area contributed by atoms with Crippen molar-refractivity contribution in [1.29, 1.82) is 0 Å². The average Bonchev–Trinajstić information content (AvgIpc) is 3.02. The standard InChI is InChI=1S/C18H21N3O3S/c1-3-9-24-14-6-4-13(5-7-14)11-21(2)12-16(22)20-18-15(17(19)23)8-10-25-18/h3-8,10H,1,9,11-12H2,2H3,(H2,19,23)(H,20,22). The summed E-state index contributed by atoms with van der Waals surface area (Å²) >= 11 is 1.27. The highest BCUT2D eigenvalue weighted by Crippen LogP contribution is 2.22. The van der Waals surface area contributed by atoms with Gasteiger partial charge in [0.2, 0.25) is 5.91 Å². The molecule has 0 aliphatic heterocycles. The third-order valence-corrected chi connectivity index (χ3v) is 4.17. The summed E-state index contributed by atoms with van der Waals surface area (Å²) in [6.45, 7) is 4.89. The molecule has 7 heteroatoms. The van der Waals surface area contributed by atoms with E-state index < -0.39 is 5.91 Å². The molecule has 132 valence electrons. The normalized spacial score (nSPS) is 10.5. The molecule has 6 nitrogen and oxygen atoms in total. The molecule has 1 aromatic carbocycles. The molecule has 3 N–H and O–H groups in total. The summed E-state index contributed by atoms with van der Waals surface area (Å²) in [5, 5.41) is 4.93. The lowest BCUT2D eigenvalue weighted by Crippen LogP contribution is -2.30. The predicted molar refractivity (Wildman–Crippen MR) is 99.9 cm³/mol. The molecular formula is C18H21N3O3S. The highest BCUT2D eigenvalue weighted by atomic mass is 32.1. The summed E-state index contributed by atoms with van der Waals surface area (Å²) in [5.74, 6) is 0.0303. The molecule has 0 saturated carbocycles. The van der Waals surface area contributed by atoms with Crippen LogP contribution in [0.25, 0.3) is 0 Å². The maximum Gasteiger partial charge on any atom is 0.251 e. The lowest BCUT2D eigenvalue weighted by molar-refractivity contribution is -0.117. The van der Waals surface area contributed by atoms with Gasteiger partial charge in [0.1, 0.15) is 17.4 Å².